The number of benzene rings is 2. The molecule has 0 fully saturated rings. The van der Waals surface area contributed by atoms with Crippen LogP contribution < -0.4 is 0 Å². The van der Waals surface area contributed by atoms with Crippen molar-refractivity contribution >= 4 is 27.5 Å². The van der Waals surface area contributed by atoms with Gasteiger partial charge >= 0.3 is 5.97 Å². The van der Waals surface area contributed by atoms with Crippen LogP contribution in [0.1, 0.15) is 21.9 Å². The quantitative estimate of drug-likeness (QED) is 0.419. The van der Waals surface area contributed by atoms with Crippen molar-refractivity contribution in [2.45, 2.75) is 0 Å². The lowest BCUT2D eigenvalue weighted by Gasteiger charge is -2.03. The van der Waals surface area contributed by atoms with Gasteiger partial charge in [0, 0.05) is 10.8 Å². The van der Waals surface area contributed by atoms with Crippen LogP contribution in [-0.2, 0) is 0 Å². The molecule has 0 amide bonds. The molecule has 0 bridgehead atoms. The molecule has 3 heterocycles. The number of carbonyl (C=O) groups is 1. The molecule has 1 N–H and O–H groups in total. The highest BCUT2D eigenvalue weighted by Crippen LogP contribution is 2.27. The Morgan fingerprint density at radius 3 is 2.00 bits per heavy atom. The van der Waals surface area contributed by atoms with Crippen molar-refractivity contribution in [1.82, 2.24) is 9.97 Å². The summed E-state index contributed by atoms with van der Waals surface area (Å²) in [4.78, 5) is 19.0. The van der Waals surface area contributed by atoms with Crippen molar-refractivity contribution in [3.8, 4) is 23.6 Å². The zero-order valence-electron chi connectivity index (χ0n) is 16.6. The second kappa shape index (κ2) is 8.78. The molecule has 0 aliphatic carbocycles. The standard InChI is InChI=1S/C14H8N2O.C11H6N2O2/c15-9-11-8-10-4-1-2-5-12(10)14(16-11)13-6-3-7-17-13;12-6-8-5-7-3-1-2-4-9(7)10(13-8)11(14)15/h1-8H;1-5H,(H,14,15). The Bertz CT molecular complexity index is 1530. The van der Waals surface area contributed by atoms with Crippen LogP contribution in [0, 0.1) is 22.7 Å². The summed E-state index contributed by atoms with van der Waals surface area (Å²) < 4.78 is 5.36. The number of aromatic nitrogens is 2. The number of aromatic carboxylic acids is 1. The second-order valence-corrected chi connectivity index (χ2v) is 6.66. The van der Waals surface area contributed by atoms with E-state index in [1.165, 1.54) is 0 Å². The molecule has 5 rings (SSSR count). The Morgan fingerprint density at radius 1 is 0.812 bits per heavy atom. The Kier molecular flexibility index (Phi) is 5.56. The fourth-order valence-corrected chi connectivity index (χ4v) is 3.28. The maximum atomic E-state index is 10.9. The maximum Gasteiger partial charge on any atom is 0.355 e. The van der Waals surface area contributed by atoms with Gasteiger partial charge in [-0.2, -0.15) is 10.5 Å². The SMILES string of the molecule is N#Cc1cc2ccccc2c(-c2ccco2)n1.N#Cc1cc2ccccc2c(C(=O)O)n1. The van der Waals surface area contributed by atoms with Gasteiger partial charge in [0.1, 0.15) is 29.2 Å². The molecular weight excluding hydrogens is 404 g/mol. The fourth-order valence-electron chi connectivity index (χ4n) is 3.28. The van der Waals surface area contributed by atoms with Gasteiger partial charge in [-0.3, -0.25) is 0 Å². The summed E-state index contributed by atoms with van der Waals surface area (Å²) in [6.45, 7) is 0. The van der Waals surface area contributed by atoms with Crippen LogP contribution in [0.3, 0.4) is 0 Å². The zero-order valence-corrected chi connectivity index (χ0v) is 16.6. The third-order valence-electron chi connectivity index (χ3n) is 4.67. The average molecular weight is 418 g/mol. The monoisotopic (exact) mass is 418 g/mol. The van der Waals surface area contributed by atoms with Crippen molar-refractivity contribution < 1.29 is 14.3 Å². The van der Waals surface area contributed by atoms with Gasteiger partial charge in [-0.1, -0.05) is 48.5 Å². The summed E-state index contributed by atoms with van der Waals surface area (Å²) in [7, 11) is 0. The van der Waals surface area contributed by atoms with Gasteiger partial charge in [0.05, 0.1) is 6.26 Å². The van der Waals surface area contributed by atoms with Gasteiger partial charge in [0.2, 0.25) is 0 Å². The van der Waals surface area contributed by atoms with E-state index in [9.17, 15) is 4.79 Å². The number of carboxylic acid groups (broad SMARTS) is 1. The fraction of sp³-hybridized carbons (Fsp3) is 0. The lowest BCUT2D eigenvalue weighted by molar-refractivity contribution is 0.0693. The molecular formula is C25H14N4O3. The molecule has 0 spiro atoms. The number of carboxylic acids is 1. The lowest BCUT2D eigenvalue weighted by Crippen LogP contribution is -2.02. The van der Waals surface area contributed by atoms with E-state index in [4.69, 9.17) is 20.0 Å². The van der Waals surface area contributed by atoms with Crippen LogP contribution in [0.25, 0.3) is 33.0 Å². The molecule has 3 aromatic heterocycles. The Balaban J connectivity index is 0.000000155. The molecule has 7 nitrogen and oxygen atoms in total. The van der Waals surface area contributed by atoms with Gasteiger partial charge in [0.25, 0.3) is 0 Å². The molecule has 0 aliphatic rings. The Morgan fingerprint density at radius 2 is 1.41 bits per heavy atom. The molecule has 0 saturated heterocycles. The number of fused-ring (bicyclic) bond motifs is 2. The topological polar surface area (TPSA) is 124 Å². The zero-order chi connectivity index (χ0) is 22.5. The molecule has 0 saturated carbocycles. The third kappa shape index (κ3) is 4.00. The summed E-state index contributed by atoms with van der Waals surface area (Å²) in [5, 5.41) is 29.8. The summed E-state index contributed by atoms with van der Waals surface area (Å²) in [6.07, 6.45) is 1.60. The van der Waals surface area contributed by atoms with Crippen LogP contribution in [0.15, 0.2) is 83.5 Å². The molecule has 7 heteroatoms. The van der Waals surface area contributed by atoms with E-state index >= 15 is 0 Å². The minimum atomic E-state index is -1.12. The predicted octanol–water partition coefficient (Wildman–Crippen LogP) is 5.17. The minimum absolute atomic E-state index is 0.0790. The number of pyridine rings is 2. The third-order valence-corrected chi connectivity index (χ3v) is 4.67. The summed E-state index contributed by atoms with van der Waals surface area (Å²) in [5.41, 5.74) is 1.15. The first kappa shape index (κ1) is 20.3. The smallest absolute Gasteiger partial charge is 0.355 e. The highest BCUT2D eigenvalue weighted by atomic mass is 16.4. The number of nitrogens with zero attached hydrogens (tertiary/aromatic N) is 4. The van der Waals surface area contributed by atoms with Crippen LogP contribution >= 0.6 is 0 Å². The molecule has 152 valence electrons. The number of nitriles is 2. The number of hydrogen-bond acceptors (Lipinski definition) is 6. The minimum Gasteiger partial charge on any atom is -0.476 e. The highest BCUT2D eigenvalue weighted by molar-refractivity contribution is 6.02. The van der Waals surface area contributed by atoms with Crippen molar-refractivity contribution in [3.63, 3.8) is 0 Å². The van der Waals surface area contributed by atoms with E-state index in [1.807, 2.05) is 42.5 Å². The van der Waals surface area contributed by atoms with E-state index in [2.05, 4.69) is 16.0 Å². The first-order chi connectivity index (χ1) is 15.6. The van der Waals surface area contributed by atoms with E-state index < -0.39 is 5.97 Å². The van der Waals surface area contributed by atoms with E-state index in [0.29, 0.717) is 27.9 Å². The summed E-state index contributed by atoms with van der Waals surface area (Å²) in [5.74, 6) is -0.443. The molecule has 2 aromatic carbocycles. The van der Waals surface area contributed by atoms with Crippen molar-refractivity contribution in [2.24, 2.45) is 0 Å². The molecule has 0 radical (unpaired) electrons. The number of hydrogen-bond donors (Lipinski definition) is 1. The maximum absolute atomic E-state index is 10.9. The molecule has 0 aliphatic heterocycles. The average Bonchev–Trinajstić information content (AvgIpc) is 3.37. The van der Waals surface area contributed by atoms with Crippen molar-refractivity contribution in [1.29, 1.82) is 10.5 Å². The van der Waals surface area contributed by atoms with Gasteiger partial charge < -0.3 is 9.52 Å². The van der Waals surface area contributed by atoms with Crippen LogP contribution in [0.2, 0.25) is 0 Å². The van der Waals surface area contributed by atoms with Crippen LogP contribution in [0.4, 0.5) is 0 Å². The van der Waals surface area contributed by atoms with Crippen molar-refractivity contribution in [3.05, 3.63) is 96.1 Å². The highest BCUT2D eigenvalue weighted by Gasteiger charge is 2.12. The van der Waals surface area contributed by atoms with E-state index in [-0.39, 0.29) is 11.4 Å². The van der Waals surface area contributed by atoms with Crippen molar-refractivity contribution in [2.75, 3.05) is 0 Å². The normalized spacial score (nSPS) is 10.1. The number of furan rings is 1. The van der Waals surface area contributed by atoms with Gasteiger partial charge in [0.15, 0.2) is 11.5 Å². The second-order valence-electron chi connectivity index (χ2n) is 6.66. The summed E-state index contributed by atoms with van der Waals surface area (Å²) >= 11 is 0. The van der Waals surface area contributed by atoms with E-state index in [0.717, 1.165) is 10.8 Å². The van der Waals surface area contributed by atoms with E-state index in [1.54, 1.807) is 42.7 Å². The number of rotatable bonds is 2. The van der Waals surface area contributed by atoms with Crippen LogP contribution in [-0.4, -0.2) is 21.0 Å². The Hall–Kier alpha value is -5.01. The predicted molar refractivity (Wildman–Crippen MR) is 118 cm³/mol. The first-order valence-corrected chi connectivity index (χ1v) is 9.47. The van der Waals surface area contributed by atoms with Gasteiger partial charge in [-0.05, 0) is 35.0 Å². The Labute approximate surface area is 182 Å². The van der Waals surface area contributed by atoms with Gasteiger partial charge in [-0.25, -0.2) is 14.8 Å². The first-order valence-electron chi connectivity index (χ1n) is 9.47. The molecule has 5 aromatic rings. The van der Waals surface area contributed by atoms with Crippen LogP contribution in [0.5, 0.6) is 0 Å². The molecule has 0 unspecified atom stereocenters. The lowest BCUT2D eigenvalue weighted by atomic mass is 10.1. The molecule has 0 atom stereocenters. The largest absolute Gasteiger partial charge is 0.476 e. The molecule has 32 heavy (non-hydrogen) atoms. The van der Waals surface area contributed by atoms with Gasteiger partial charge in [-0.15, -0.1) is 0 Å². The summed E-state index contributed by atoms with van der Waals surface area (Å²) in [6, 6.07) is 25.7.